The first kappa shape index (κ1) is 17.5. The summed E-state index contributed by atoms with van der Waals surface area (Å²) < 4.78 is 3.84. The van der Waals surface area contributed by atoms with E-state index in [0.717, 1.165) is 58.4 Å². The van der Waals surface area contributed by atoms with Gasteiger partial charge in [-0.2, -0.15) is 4.68 Å². The fraction of sp³-hybridized carbons (Fsp3) is 0.467. The highest BCUT2D eigenvalue weighted by Gasteiger charge is 2.22. The molecule has 0 aromatic carbocycles. The standard InChI is InChI=1S/C15H20N6S3/c1-12(2)10-23-14-18-21(15(22)24-14)11-19-6-8-20(9-7-19)13-16-4-3-5-17-13/h3-5H,1,6-11H2,2H3/p+1. The van der Waals surface area contributed by atoms with Gasteiger partial charge in [-0.3, -0.25) is 0 Å². The minimum absolute atomic E-state index is 0.820. The first-order chi connectivity index (χ1) is 11.6. The number of piperazine rings is 1. The molecule has 1 saturated heterocycles. The molecular weight excluding hydrogens is 360 g/mol. The van der Waals surface area contributed by atoms with Crippen molar-refractivity contribution in [3.8, 4) is 0 Å². The average Bonchev–Trinajstić information content (AvgIpc) is 2.94. The number of nitrogens with zero attached hydrogens (tertiary/aromatic N) is 5. The molecule has 9 heteroatoms. The summed E-state index contributed by atoms with van der Waals surface area (Å²) in [5.74, 6) is 1.71. The Morgan fingerprint density at radius 3 is 2.75 bits per heavy atom. The van der Waals surface area contributed by atoms with Gasteiger partial charge in [-0.05, 0) is 25.2 Å². The van der Waals surface area contributed by atoms with Crippen LogP contribution in [0.25, 0.3) is 0 Å². The number of hydrogen-bond donors (Lipinski definition) is 1. The Labute approximate surface area is 155 Å². The van der Waals surface area contributed by atoms with Crippen molar-refractivity contribution in [1.29, 1.82) is 0 Å². The maximum absolute atomic E-state index is 5.46. The number of thioether (sulfide) groups is 1. The largest absolute Gasteiger partial charge is 0.330 e. The van der Waals surface area contributed by atoms with Crippen molar-refractivity contribution in [1.82, 2.24) is 19.7 Å². The number of hydrogen-bond acceptors (Lipinski definition) is 7. The second-order valence-electron chi connectivity index (χ2n) is 5.82. The van der Waals surface area contributed by atoms with Crippen molar-refractivity contribution in [3.63, 3.8) is 0 Å². The maximum atomic E-state index is 5.46. The molecule has 3 heterocycles. The molecule has 1 aliphatic rings. The van der Waals surface area contributed by atoms with Gasteiger partial charge in [-0.15, -0.1) is 5.10 Å². The molecule has 1 N–H and O–H groups in total. The smallest absolute Gasteiger partial charge is 0.225 e. The fourth-order valence-electron chi connectivity index (χ4n) is 2.48. The van der Waals surface area contributed by atoms with E-state index < -0.39 is 0 Å². The minimum Gasteiger partial charge on any atom is -0.330 e. The van der Waals surface area contributed by atoms with Gasteiger partial charge in [0.15, 0.2) is 15.0 Å². The second kappa shape index (κ2) is 8.19. The highest BCUT2D eigenvalue weighted by molar-refractivity contribution is 8.01. The van der Waals surface area contributed by atoms with Crippen LogP contribution in [0.5, 0.6) is 0 Å². The average molecular weight is 382 g/mol. The molecule has 3 rings (SSSR count). The van der Waals surface area contributed by atoms with Gasteiger partial charge in [0.1, 0.15) is 0 Å². The van der Waals surface area contributed by atoms with Crippen LogP contribution in [-0.2, 0) is 6.67 Å². The molecule has 0 atom stereocenters. The Kier molecular flexibility index (Phi) is 5.99. The van der Waals surface area contributed by atoms with Crippen molar-refractivity contribution < 1.29 is 4.90 Å². The summed E-state index contributed by atoms with van der Waals surface area (Å²) in [6.07, 6.45) is 3.58. The van der Waals surface area contributed by atoms with Gasteiger partial charge in [0.05, 0.1) is 26.2 Å². The van der Waals surface area contributed by atoms with Crippen LogP contribution in [-0.4, -0.2) is 51.7 Å². The second-order valence-corrected chi connectivity index (χ2v) is 8.67. The Morgan fingerprint density at radius 1 is 1.38 bits per heavy atom. The fourth-order valence-corrected chi connectivity index (χ4v) is 4.65. The topological polar surface area (TPSA) is 51.3 Å². The number of quaternary nitrogens is 1. The van der Waals surface area contributed by atoms with Crippen molar-refractivity contribution in [3.05, 3.63) is 34.6 Å². The van der Waals surface area contributed by atoms with Crippen molar-refractivity contribution in [2.75, 3.05) is 36.8 Å². The molecule has 128 valence electrons. The summed E-state index contributed by atoms with van der Waals surface area (Å²) in [5, 5.41) is 4.65. The molecule has 0 unspecified atom stereocenters. The third kappa shape index (κ3) is 4.62. The predicted molar refractivity (Wildman–Crippen MR) is 101 cm³/mol. The van der Waals surface area contributed by atoms with Crippen molar-refractivity contribution >= 4 is 41.3 Å². The molecule has 1 aliphatic heterocycles. The van der Waals surface area contributed by atoms with Gasteiger partial charge in [0.25, 0.3) is 0 Å². The Morgan fingerprint density at radius 2 is 2.08 bits per heavy atom. The summed E-state index contributed by atoms with van der Waals surface area (Å²) in [5.41, 5.74) is 1.15. The van der Waals surface area contributed by atoms with Crippen LogP contribution < -0.4 is 9.80 Å². The van der Waals surface area contributed by atoms with Crippen LogP contribution in [0.2, 0.25) is 0 Å². The maximum Gasteiger partial charge on any atom is 0.225 e. The number of anilines is 1. The van der Waals surface area contributed by atoms with Gasteiger partial charge in [0.2, 0.25) is 5.95 Å². The first-order valence-electron chi connectivity index (χ1n) is 7.82. The zero-order valence-corrected chi connectivity index (χ0v) is 16.1. The van der Waals surface area contributed by atoms with Crippen LogP contribution in [0.3, 0.4) is 0 Å². The number of aromatic nitrogens is 4. The lowest BCUT2D eigenvalue weighted by atomic mass is 10.3. The Balaban J connectivity index is 1.54. The van der Waals surface area contributed by atoms with E-state index >= 15 is 0 Å². The third-order valence-corrected chi connectivity index (χ3v) is 6.38. The lowest BCUT2D eigenvalue weighted by Gasteiger charge is -2.31. The zero-order valence-electron chi connectivity index (χ0n) is 13.6. The summed E-state index contributed by atoms with van der Waals surface area (Å²) in [6.45, 7) is 10.8. The van der Waals surface area contributed by atoms with E-state index in [2.05, 4.69) is 26.5 Å². The van der Waals surface area contributed by atoms with Crippen LogP contribution in [0.15, 0.2) is 35.0 Å². The highest BCUT2D eigenvalue weighted by Crippen LogP contribution is 2.23. The Hall–Kier alpha value is -1.29. The molecule has 1 fully saturated rings. The molecular formula is C15H21N6S3+. The van der Waals surface area contributed by atoms with E-state index in [1.807, 2.05) is 17.7 Å². The predicted octanol–water partition coefficient (Wildman–Crippen LogP) is 1.49. The normalized spacial score (nSPS) is 15.6. The monoisotopic (exact) mass is 381 g/mol. The van der Waals surface area contributed by atoms with E-state index in [1.165, 1.54) is 4.90 Å². The SMILES string of the molecule is C=C(C)CSc1nn(C[NH+]2CCN(c3ncccn3)CC2)c(=S)s1. The molecule has 0 saturated carbocycles. The van der Waals surface area contributed by atoms with E-state index in [9.17, 15) is 0 Å². The third-order valence-electron chi connectivity index (χ3n) is 3.71. The Bertz CT molecular complexity index is 733. The van der Waals surface area contributed by atoms with Crippen LogP contribution in [0.1, 0.15) is 6.92 Å². The number of nitrogens with one attached hydrogen (secondary N) is 1. The summed E-state index contributed by atoms with van der Waals surface area (Å²) in [4.78, 5) is 12.4. The van der Waals surface area contributed by atoms with E-state index in [0.29, 0.717) is 0 Å². The van der Waals surface area contributed by atoms with Crippen molar-refractivity contribution in [2.45, 2.75) is 17.9 Å². The number of rotatable bonds is 6. The molecule has 0 amide bonds. The lowest BCUT2D eigenvalue weighted by molar-refractivity contribution is -0.924. The van der Waals surface area contributed by atoms with E-state index in [4.69, 9.17) is 12.2 Å². The van der Waals surface area contributed by atoms with Crippen LogP contribution in [0, 0.1) is 3.95 Å². The van der Waals surface area contributed by atoms with Gasteiger partial charge < -0.3 is 9.80 Å². The zero-order chi connectivity index (χ0) is 16.9. The summed E-state index contributed by atoms with van der Waals surface area (Å²) >= 11 is 8.76. The molecule has 6 nitrogen and oxygen atoms in total. The van der Waals surface area contributed by atoms with Gasteiger partial charge in [-0.25, -0.2) is 9.97 Å². The molecule has 0 bridgehead atoms. The quantitative estimate of drug-likeness (QED) is 0.465. The van der Waals surface area contributed by atoms with Crippen LogP contribution in [0.4, 0.5) is 5.95 Å². The van der Waals surface area contributed by atoms with Gasteiger partial charge in [-0.1, -0.05) is 35.3 Å². The minimum atomic E-state index is 0.820. The summed E-state index contributed by atoms with van der Waals surface area (Å²) in [7, 11) is 0. The van der Waals surface area contributed by atoms with Gasteiger partial charge in [0, 0.05) is 18.1 Å². The van der Waals surface area contributed by atoms with Crippen LogP contribution >= 0.6 is 35.3 Å². The molecule has 2 aromatic rings. The van der Waals surface area contributed by atoms with E-state index in [-0.39, 0.29) is 0 Å². The molecule has 2 aromatic heterocycles. The lowest BCUT2D eigenvalue weighted by Crippen LogP contribution is -3.14. The molecule has 0 aliphatic carbocycles. The summed E-state index contributed by atoms with van der Waals surface area (Å²) in [6, 6.07) is 1.85. The van der Waals surface area contributed by atoms with Gasteiger partial charge >= 0.3 is 0 Å². The molecule has 0 spiro atoms. The first-order valence-corrected chi connectivity index (χ1v) is 10.0. The molecule has 24 heavy (non-hydrogen) atoms. The molecule has 0 radical (unpaired) electrons. The van der Waals surface area contributed by atoms with Crippen molar-refractivity contribution in [2.24, 2.45) is 0 Å². The van der Waals surface area contributed by atoms with E-state index in [1.54, 1.807) is 35.5 Å². The highest BCUT2D eigenvalue weighted by atomic mass is 32.2.